The summed E-state index contributed by atoms with van der Waals surface area (Å²) >= 11 is 0. The summed E-state index contributed by atoms with van der Waals surface area (Å²) in [6.07, 6.45) is 2.67. The highest BCUT2D eigenvalue weighted by Gasteiger charge is 2.22. The molecule has 7 nitrogen and oxygen atoms in total. The van der Waals surface area contributed by atoms with Gasteiger partial charge in [-0.15, -0.1) is 0 Å². The van der Waals surface area contributed by atoms with E-state index in [4.69, 9.17) is 0 Å². The molecule has 0 aromatic carbocycles. The molecule has 2 aromatic rings. The van der Waals surface area contributed by atoms with Gasteiger partial charge in [-0.2, -0.15) is 4.40 Å². The van der Waals surface area contributed by atoms with Crippen LogP contribution in [0.5, 0.6) is 0 Å². The van der Waals surface area contributed by atoms with Crippen molar-refractivity contribution in [3.63, 3.8) is 0 Å². The first-order chi connectivity index (χ1) is 9.63. The van der Waals surface area contributed by atoms with Crippen molar-refractivity contribution in [3.05, 3.63) is 40.2 Å². The fourth-order valence-corrected chi connectivity index (χ4v) is 2.19. The zero-order valence-corrected chi connectivity index (χ0v) is 11.7. The van der Waals surface area contributed by atoms with Crippen molar-refractivity contribution in [2.24, 2.45) is 0 Å². The van der Waals surface area contributed by atoms with Gasteiger partial charge in [-0.1, -0.05) is 6.07 Å². The van der Waals surface area contributed by atoms with Crippen molar-refractivity contribution in [2.75, 3.05) is 27.2 Å². The van der Waals surface area contributed by atoms with Gasteiger partial charge in [-0.25, -0.2) is 4.98 Å². The summed E-state index contributed by atoms with van der Waals surface area (Å²) in [6, 6.07) is 5.37. The van der Waals surface area contributed by atoms with E-state index in [9.17, 15) is 10.1 Å². The molecule has 0 radical (unpaired) electrons. The van der Waals surface area contributed by atoms with Gasteiger partial charge in [-0.05, 0) is 44.6 Å². The van der Waals surface area contributed by atoms with Gasteiger partial charge in [0.25, 0.3) is 0 Å². The second-order valence-electron chi connectivity index (χ2n) is 4.76. The summed E-state index contributed by atoms with van der Waals surface area (Å²) in [4.78, 5) is 17.3. The van der Waals surface area contributed by atoms with Gasteiger partial charge < -0.3 is 20.3 Å². The van der Waals surface area contributed by atoms with Crippen LogP contribution in [0.15, 0.2) is 24.4 Å². The molecule has 1 N–H and O–H groups in total. The number of fused-ring (bicyclic) bond motifs is 1. The van der Waals surface area contributed by atoms with E-state index in [-0.39, 0.29) is 10.7 Å². The van der Waals surface area contributed by atoms with Gasteiger partial charge in [0.1, 0.15) is 0 Å². The summed E-state index contributed by atoms with van der Waals surface area (Å²) in [5.74, 6) is 0.0565. The minimum atomic E-state index is -0.364. The topological polar surface area (TPSA) is 75.7 Å². The van der Waals surface area contributed by atoms with Gasteiger partial charge in [0, 0.05) is 12.6 Å². The summed E-state index contributed by atoms with van der Waals surface area (Å²) in [7, 11) is 3.86. The number of nitrogens with one attached hydrogen (secondary N) is 1. The number of rotatable bonds is 7. The van der Waals surface area contributed by atoms with Gasteiger partial charge in [0.05, 0.1) is 6.20 Å². The molecule has 0 unspecified atom stereocenters. The average Bonchev–Trinajstić information content (AvgIpc) is 2.76. The van der Waals surface area contributed by atoms with Crippen LogP contribution in [0.3, 0.4) is 0 Å². The fraction of sp³-hybridized carbons (Fsp3) is 0.462. The molecule has 2 heterocycles. The van der Waals surface area contributed by atoms with Crippen molar-refractivity contribution in [1.82, 2.24) is 19.6 Å². The van der Waals surface area contributed by atoms with Crippen LogP contribution in [0, 0.1) is 10.1 Å². The highest BCUT2D eigenvalue weighted by atomic mass is 16.6. The molecule has 0 aliphatic heterocycles. The van der Waals surface area contributed by atoms with E-state index in [1.165, 1.54) is 4.40 Å². The molecular weight excluding hydrogens is 258 g/mol. The number of hydrogen-bond acceptors (Lipinski definition) is 5. The predicted molar refractivity (Wildman–Crippen MR) is 76.7 cm³/mol. The third-order valence-corrected chi connectivity index (χ3v) is 3.13. The van der Waals surface area contributed by atoms with Crippen LogP contribution in [0.2, 0.25) is 0 Å². The molecule has 0 spiro atoms. The van der Waals surface area contributed by atoms with E-state index in [0.29, 0.717) is 17.9 Å². The summed E-state index contributed by atoms with van der Waals surface area (Å²) in [5, 5.41) is 14.3. The Kier molecular flexibility index (Phi) is 4.65. The van der Waals surface area contributed by atoms with Crippen LogP contribution in [-0.4, -0.2) is 46.4 Å². The molecule has 0 saturated heterocycles. The van der Waals surface area contributed by atoms with Crippen LogP contribution in [0.4, 0.5) is 5.82 Å². The third kappa shape index (κ3) is 3.12. The molecule has 20 heavy (non-hydrogen) atoms. The van der Waals surface area contributed by atoms with E-state index >= 15 is 0 Å². The Morgan fingerprint density at radius 2 is 2.30 bits per heavy atom. The first-order valence-electron chi connectivity index (χ1n) is 6.57. The zero-order chi connectivity index (χ0) is 14.5. The molecule has 0 aliphatic rings. The predicted octanol–water partition coefficient (Wildman–Crippen LogP) is 1.28. The SMILES string of the molecule is CNCCCN(C)Cc1nc2ccccn2c1[N+](=O)[O-]. The minimum Gasteiger partial charge on any atom is -0.358 e. The number of imidazole rings is 1. The van der Waals surface area contributed by atoms with E-state index in [2.05, 4.69) is 10.3 Å². The highest BCUT2D eigenvalue weighted by molar-refractivity contribution is 5.48. The maximum Gasteiger partial charge on any atom is 0.352 e. The van der Waals surface area contributed by atoms with Gasteiger partial charge in [0.2, 0.25) is 5.65 Å². The maximum absolute atomic E-state index is 11.3. The van der Waals surface area contributed by atoms with E-state index < -0.39 is 0 Å². The molecule has 7 heteroatoms. The molecule has 2 aromatic heterocycles. The molecule has 108 valence electrons. The van der Waals surface area contributed by atoms with E-state index in [0.717, 1.165) is 19.5 Å². The molecule has 0 atom stereocenters. The lowest BCUT2D eigenvalue weighted by molar-refractivity contribution is -0.391. The Bertz CT molecular complexity index is 595. The Hall–Kier alpha value is -1.99. The van der Waals surface area contributed by atoms with Crippen molar-refractivity contribution < 1.29 is 4.92 Å². The zero-order valence-electron chi connectivity index (χ0n) is 11.7. The Balaban J connectivity index is 2.20. The first-order valence-corrected chi connectivity index (χ1v) is 6.57. The summed E-state index contributed by atoms with van der Waals surface area (Å²) in [6.45, 7) is 2.27. The van der Waals surface area contributed by atoms with Crippen LogP contribution >= 0.6 is 0 Å². The van der Waals surface area contributed by atoms with Crippen molar-refractivity contribution in [1.29, 1.82) is 0 Å². The molecule has 2 rings (SSSR count). The maximum atomic E-state index is 11.3. The lowest BCUT2D eigenvalue weighted by Crippen LogP contribution is -2.23. The fourth-order valence-electron chi connectivity index (χ4n) is 2.19. The molecule has 0 fully saturated rings. The Labute approximate surface area is 117 Å². The Morgan fingerprint density at radius 1 is 1.50 bits per heavy atom. The number of hydrogen-bond donors (Lipinski definition) is 1. The largest absolute Gasteiger partial charge is 0.358 e. The van der Waals surface area contributed by atoms with Crippen LogP contribution in [-0.2, 0) is 6.54 Å². The van der Waals surface area contributed by atoms with Crippen molar-refractivity contribution in [3.8, 4) is 0 Å². The quantitative estimate of drug-likeness (QED) is 0.469. The molecular formula is C13H19N5O2. The lowest BCUT2D eigenvalue weighted by atomic mass is 10.3. The van der Waals surface area contributed by atoms with E-state index in [1.54, 1.807) is 18.3 Å². The lowest BCUT2D eigenvalue weighted by Gasteiger charge is -2.14. The van der Waals surface area contributed by atoms with Crippen molar-refractivity contribution in [2.45, 2.75) is 13.0 Å². The minimum absolute atomic E-state index is 0.0565. The van der Waals surface area contributed by atoms with Gasteiger partial charge in [0.15, 0.2) is 5.69 Å². The van der Waals surface area contributed by atoms with Gasteiger partial charge >= 0.3 is 5.82 Å². The smallest absolute Gasteiger partial charge is 0.352 e. The number of aromatic nitrogens is 2. The van der Waals surface area contributed by atoms with Gasteiger partial charge in [-0.3, -0.25) is 0 Å². The van der Waals surface area contributed by atoms with E-state index in [1.807, 2.05) is 25.1 Å². The number of nitrogens with zero attached hydrogens (tertiary/aromatic N) is 4. The summed E-state index contributed by atoms with van der Waals surface area (Å²) < 4.78 is 1.52. The molecule has 0 saturated carbocycles. The highest BCUT2D eigenvalue weighted by Crippen LogP contribution is 2.21. The third-order valence-electron chi connectivity index (χ3n) is 3.13. The molecule has 0 amide bonds. The molecule has 0 aliphatic carbocycles. The normalized spacial score (nSPS) is 11.3. The number of nitro groups is 1. The van der Waals surface area contributed by atoms with Crippen molar-refractivity contribution >= 4 is 11.5 Å². The number of pyridine rings is 1. The monoisotopic (exact) mass is 277 g/mol. The molecule has 0 bridgehead atoms. The second-order valence-corrected chi connectivity index (χ2v) is 4.76. The Morgan fingerprint density at radius 3 is 3.00 bits per heavy atom. The second kappa shape index (κ2) is 6.44. The first kappa shape index (κ1) is 14.4. The average molecular weight is 277 g/mol. The standard InChI is InChI=1S/C13H19N5O2/c1-14-7-5-8-16(2)10-11-13(18(19)20)17-9-4-3-6-12(17)15-11/h3-4,6,9,14H,5,7-8,10H2,1-2H3. The van der Waals surface area contributed by atoms with Crippen LogP contribution in [0.25, 0.3) is 5.65 Å². The van der Waals surface area contributed by atoms with Crippen LogP contribution < -0.4 is 5.32 Å². The summed E-state index contributed by atoms with van der Waals surface area (Å²) in [5.41, 5.74) is 1.12. The van der Waals surface area contributed by atoms with Crippen LogP contribution in [0.1, 0.15) is 12.1 Å².